The van der Waals surface area contributed by atoms with Gasteiger partial charge in [0.15, 0.2) is 0 Å². The van der Waals surface area contributed by atoms with Crippen LogP contribution >= 0.6 is 0 Å². The van der Waals surface area contributed by atoms with E-state index in [0.29, 0.717) is 6.20 Å². The molecule has 2 N–H and O–H groups in total. The van der Waals surface area contributed by atoms with Gasteiger partial charge >= 0.3 is 6.18 Å². The summed E-state index contributed by atoms with van der Waals surface area (Å²) in [6, 6.07) is 3.41. The predicted octanol–water partition coefficient (Wildman–Crippen LogP) is 2.97. The first kappa shape index (κ1) is 10.7. The number of hydrogen-bond acceptors (Lipinski definition) is 2. The Bertz CT molecular complexity index is 540. The van der Waals surface area contributed by atoms with Crippen molar-refractivity contribution in [2.45, 2.75) is 6.18 Å². The van der Waals surface area contributed by atoms with Crippen molar-refractivity contribution in [2.24, 2.45) is 0 Å². The zero-order valence-corrected chi connectivity index (χ0v) is 7.85. The molecule has 0 bridgehead atoms. The number of benzene rings is 1. The highest BCUT2D eigenvalue weighted by Crippen LogP contribution is 2.36. The fourth-order valence-electron chi connectivity index (χ4n) is 1.50. The van der Waals surface area contributed by atoms with Crippen LogP contribution in [0.5, 0.6) is 0 Å². The topological polar surface area (TPSA) is 38.9 Å². The second-order valence-electron chi connectivity index (χ2n) is 3.22. The van der Waals surface area contributed by atoms with Crippen molar-refractivity contribution in [2.75, 3.05) is 5.73 Å². The van der Waals surface area contributed by atoms with Crippen LogP contribution in [0.15, 0.2) is 24.4 Å². The number of halogens is 4. The van der Waals surface area contributed by atoms with Crippen molar-refractivity contribution in [3.63, 3.8) is 0 Å². The van der Waals surface area contributed by atoms with E-state index >= 15 is 0 Å². The number of pyridine rings is 1. The fraction of sp³-hybridized carbons (Fsp3) is 0.100. The van der Waals surface area contributed by atoms with Crippen molar-refractivity contribution >= 4 is 16.6 Å². The lowest BCUT2D eigenvalue weighted by atomic mass is 10.1. The average Bonchev–Trinajstić information content (AvgIpc) is 2.16. The van der Waals surface area contributed by atoms with Crippen LogP contribution in [0.1, 0.15) is 5.56 Å². The molecular formula is C10H6F4N2. The molecule has 1 aromatic carbocycles. The Balaban J connectivity index is 2.90. The summed E-state index contributed by atoms with van der Waals surface area (Å²) in [5, 5.41) is -0.572. The molecule has 0 amide bonds. The highest BCUT2D eigenvalue weighted by Gasteiger charge is 2.33. The van der Waals surface area contributed by atoms with Crippen LogP contribution < -0.4 is 5.73 Å². The summed E-state index contributed by atoms with van der Waals surface area (Å²) in [6.07, 6.45) is -3.97. The lowest BCUT2D eigenvalue weighted by molar-refractivity contribution is -0.136. The van der Waals surface area contributed by atoms with Crippen LogP contribution in [0.3, 0.4) is 0 Å². The second-order valence-corrected chi connectivity index (χ2v) is 3.22. The number of fused-ring (bicyclic) bond motifs is 1. The van der Waals surface area contributed by atoms with E-state index in [-0.39, 0.29) is 16.6 Å². The first-order valence-electron chi connectivity index (χ1n) is 4.31. The Morgan fingerprint density at radius 3 is 2.50 bits per heavy atom. The molecule has 0 saturated heterocycles. The predicted molar refractivity (Wildman–Crippen MR) is 51.1 cm³/mol. The molecule has 0 fully saturated rings. The van der Waals surface area contributed by atoms with E-state index in [1.807, 2.05) is 0 Å². The fourth-order valence-corrected chi connectivity index (χ4v) is 1.50. The van der Waals surface area contributed by atoms with Gasteiger partial charge in [-0.1, -0.05) is 12.1 Å². The Hall–Kier alpha value is -1.85. The average molecular weight is 230 g/mol. The van der Waals surface area contributed by atoms with E-state index in [9.17, 15) is 17.6 Å². The van der Waals surface area contributed by atoms with Crippen LogP contribution in [0, 0.1) is 5.82 Å². The van der Waals surface area contributed by atoms with E-state index in [4.69, 9.17) is 5.73 Å². The van der Waals surface area contributed by atoms with Crippen molar-refractivity contribution in [1.82, 2.24) is 4.98 Å². The van der Waals surface area contributed by atoms with Crippen LogP contribution in [-0.2, 0) is 6.18 Å². The number of nitrogens with zero attached hydrogens (tertiary/aromatic N) is 1. The number of nitrogens with two attached hydrogens (primary N) is 1. The molecule has 16 heavy (non-hydrogen) atoms. The van der Waals surface area contributed by atoms with Crippen molar-refractivity contribution in [1.29, 1.82) is 0 Å². The summed E-state index contributed by atoms with van der Waals surface area (Å²) >= 11 is 0. The third-order valence-electron chi connectivity index (χ3n) is 2.20. The van der Waals surface area contributed by atoms with E-state index < -0.39 is 17.6 Å². The van der Waals surface area contributed by atoms with Gasteiger partial charge in [-0.25, -0.2) is 9.37 Å². The normalized spacial score (nSPS) is 12.0. The van der Waals surface area contributed by atoms with E-state index in [2.05, 4.69) is 4.98 Å². The molecule has 0 aliphatic carbocycles. The van der Waals surface area contributed by atoms with E-state index in [1.165, 1.54) is 12.1 Å². The van der Waals surface area contributed by atoms with Gasteiger partial charge in [0.05, 0.1) is 10.9 Å². The summed E-state index contributed by atoms with van der Waals surface area (Å²) in [6.45, 7) is 0. The first-order chi connectivity index (χ1) is 7.41. The monoisotopic (exact) mass is 230 g/mol. The number of hydrogen-bond donors (Lipinski definition) is 1. The maximum atomic E-state index is 13.3. The van der Waals surface area contributed by atoms with Crippen LogP contribution in [-0.4, -0.2) is 4.98 Å². The summed E-state index contributed by atoms with van der Waals surface area (Å²) in [5.74, 6) is -1.06. The largest absolute Gasteiger partial charge is 0.418 e. The lowest BCUT2D eigenvalue weighted by Crippen LogP contribution is -2.08. The molecule has 0 aliphatic rings. The summed E-state index contributed by atoms with van der Waals surface area (Å²) in [5.41, 5.74) is 4.36. The van der Waals surface area contributed by atoms with Gasteiger partial charge in [0.25, 0.3) is 0 Å². The molecule has 0 saturated carbocycles. The molecule has 0 unspecified atom stereocenters. The summed E-state index contributed by atoms with van der Waals surface area (Å²) < 4.78 is 51.1. The molecule has 0 radical (unpaired) electrons. The Morgan fingerprint density at radius 1 is 1.19 bits per heavy atom. The summed E-state index contributed by atoms with van der Waals surface area (Å²) in [7, 11) is 0. The molecule has 0 atom stereocenters. The van der Waals surface area contributed by atoms with Crippen molar-refractivity contribution in [3.8, 4) is 0 Å². The lowest BCUT2D eigenvalue weighted by Gasteiger charge is -2.11. The van der Waals surface area contributed by atoms with Gasteiger partial charge in [-0.3, -0.25) is 0 Å². The first-order valence-corrected chi connectivity index (χ1v) is 4.31. The SMILES string of the molecule is Nc1ncc(C(F)(F)F)c2cccc(F)c12. The van der Waals surface area contributed by atoms with Gasteiger partial charge in [-0.05, 0) is 6.07 Å². The van der Waals surface area contributed by atoms with Crippen molar-refractivity contribution < 1.29 is 17.6 Å². The van der Waals surface area contributed by atoms with Gasteiger partial charge in [0.1, 0.15) is 11.6 Å². The molecule has 0 aliphatic heterocycles. The Labute approximate surface area is 87.7 Å². The van der Waals surface area contributed by atoms with E-state index in [1.54, 1.807) is 0 Å². The Morgan fingerprint density at radius 2 is 1.88 bits per heavy atom. The zero-order valence-electron chi connectivity index (χ0n) is 7.85. The van der Waals surface area contributed by atoms with Crippen LogP contribution in [0.25, 0.3) is 10.8 Å². The number of anilines is 1. The molecule has 84 valence electrons. The smallest absolute Gasteiger partial charge is 0.383 e. The van der Waals surface area contributed by atoms with Gasteiger partial charge in [-0.15, -0.1) is 0 Å². The summed E-state index contributed by atoms with van der Waals surface area (Å²) in [4.78, 5) is 3.35. The molecule has 2 aromatic rings. The highest BCUT2D eigenvalue weighted by molar-refractivity contribution is 5.93. The number of rotatable bonds is 0. The number of aromatic nitrogens is 1. The third-order valence-corrected chi connectivity index (χ3v) is 2.20. The van der Waals surface area contributed by atoms with Crippen LogP contribution in [0.4, 0.5) is 23.4 Å². The minimum Gasteiger partial charge on any atom is -0.383 e. The van der Waals surface area contributed by atoms with Crippen LogP contribution in [0.2, 0.25) is 0 Å². The standard InChI is InChI=1S/C10H6F4N2/c11-7-3-1-2-5-6(10(12,13)14)4-16-9(15)8(5)7/h1-4H,(H2,15,16). The van der Waals surface area contributed by atoms with Gasteiger partial charge in [0, 0.05) is 11.6 Å². The van der Waals surface area contributed by atoms with Gasteiger partial charge < -0.3 is 5.73 Å². The Kier molecular flexibility index (Phi) is 2.22. The van der Waals surface area contributed by atoms with Gasteiger partial charge in [-0.2, -0.15) is 13.2 Å². The molecule has 0 spiro atoms. The molecule has 2 rings (SSSR count). The second kappa shape index (κ2) is 3.33. The number of alkyl halides is 3. The minimum absolute atomic E-state index is 0.249. The minimum atomic E-state index is -4.58. The number of nitrogen functional groups attached to an aromatic ring is 1. The highest BCUT2D eigenvalue weighted by atomic mass is 19.4. The molecule has 1 heterocycles. The molecule has 6 heteroatoms. The maximum Gasteiger partial charge on any atom is 0.418 e. The molecule has 2 nitrogen and oxygen atoms in total. The maximum absolute atomic E-state index is 13.3. The molecule has 1 aromatic heterocycles. The van der Waals surface area contributed by atoms with E-state index in [0.717, 1.165) is 6.07 Å². The van der Waals surface area contributed by atoms with Crippen molar-refractivity contribution in [3.05, 3.63) is 35.8 Å². The van der Waals surface area contributed by atoms with Gasteiger partial charge in [0.2, 0.25) is 0 Å². The molecular weight excluding hydrogens is 224 g/mol. The quantitative estimate of drug-likeness (QED) is 0.706. The zero-order chi connectivity index (χ0) is 11.9. The third kappa shape index (κ3) is 1.56.